The molecule has 1 saturated carbocycles. The molecule has 3 rings (SSSR count). The van der Waals surface area contributed by atoms with Gasteiger partial charge in [0.15, 0.2) is 0 Å². The van der Waals surface area contributed by atoms with Crippen LogP contribution in [-0.4, -0.2) is 15.5 Å². The van der Waals surface area contributed by atoms with Crippen LogP contribution in [0, 0.1) is 5.92 Å². The Labute approximate surface area is 151 Å². The Morgan fingerprint density at radius 2 is 1.96 bits per heavy atom. The highest BCUT2D eigenvalue weighted by atomic mass is 16.1. The van der Waals surface area contributed by atoms with Crippen molar-refractivity contribution >= 4 is 22.6 Å². The first kappa shape index (κ1) is 18.0. The van der Waals surface area contributed by atoms with E-state index in [0.29, 0.717) is 6.42 Å². The van der Waals surface area contributed by atoms with Gasteiger partial charge in [0.1, 0.15) is 5.82 Å². The molecule has 0 spiro atoms. The molecular formula is C21H31N3O. The fourth-order valence-corrected chi connectivity index (χ4v) is 3.84. The minimum atomic E-state index is 0.000513. The van der Waals surface area contributed by atoms with Crippen molar-refractivity contribution in [1.82, 2.24) is 9.55 Å². The molecule has 0 saturated heterocycles. The first-order chi connectivity index (χ1) is 11.9. The molecule has 1 N–H and O–H groups in total. The lowest BCUT2D eigenvalue weighted by molar-refractivity contribution is -0.115. The Hall–Kier alpha value is -1.84. The van der Waals surface area contributed by atoms with Gasteiger partial charge in [0.25, 0.3) is 0 Å². The molecule has 0 bridgehead atoms. The molecule has 1 aliphatic carbocycles. The fourth-order valence-electron chi connectivity index (χ4n) is 3.84. The van der Waals surface area contributed by atoms with Crippen LogP contribution in [0.4, 0.5) is 5.69 Å². The summed E-state index contributed by atoms with van der Waals surface area (Å²) in [5.41, 5.74) is 3.00. The van der Waals surface area contributed by atoms with Crippen LogP contribution in [0.1, 0.15) is 72.0 Å². The van der Waals surface area contributed by atoms with Gasteiger partial charge >= 0.3 is 0 Å². The Bertz CT molecular complexity index is 748. The van der Waals surface area contributed by atoms with Crippen molar-refractivity contribution < 1.29 is 4.79 Å². The second kappa shape index (κ2) is 7.19. The van der Waals surface area contributed by atoms with Gasteiger partial charge in [-0.1, -0.05) is 47.0 Å². The normalized spacial score (nSPS) is 16.3. The third kappa shape index (κ3) is 4.05. The quantitative estimate of drug-likeness (QED) is 0.824. The van der Waals surface area contributed by atoms with Crippen LogP contribution in [0.5, 0.6) is 0 Å². The minimum absolute atomic E-state index is 0.000513. The molecule has 4 heteroatoms. The highest BCUT2D eigenvalue weighted by Crippen LogP contribution is 2.32. The van der Waals surface area contributed by atoms with Crippen LogP contribution in [0.15, 0.2) is 18.2 Å². The van der Waals surface area contributed by atoms with Crippen molar-refractivity contribution in [3.63, 3.8) is 0 Å². The SMILES string of the molecule is CCC(=O)Nc1ccc2c(c1)nc(C(C)(C)C)n2CC1CCCCC1. The lowest BCUT2D eigenvalue weighted by Gasteiger charge is -2.26. The van der Waals surface area contributed by atoms with Gasteiger partial charge in [0.05, 0.1) is 11.0 Å². The van der Waals surface area contributed by atoms with E-state index in [1.165, 1.54) is 37.6 Å². The molecule has 1 fully saturated rings. The van der Waals surface area contributed by atoms with Crippen LogP contribution in [0.3, 0.4) is 0 Å². The van der Waals surface area contributed by atoms with Crippen LogP contribution < -0.4 is 5.32 Å². The molecule has 0 radical (unpaired) electrons. The van der Waals surface area contributed by atoms with E-state index in [9.17, 15) is 4.79 Å². The van der Waals surface area contributed by atoms with Crippen molar-refractivity contribution in [1.29, 1.82) is 0 Å². The molecule has 0 atom stereocenters. The van der Waals surface area contributed by atoms with Crippen molar-refractivity contribution in [2.24, 2.45) is 5.92 Å². The molecular weight excluding hydrogens is 310 g/mol. The maximum atomic E-state index is 11.7. The number of fused-ring (bicyclic) bond motifs is 1. The summed E-state index contributed by atoms with van der Waals surface area (Å²) in [5, 5.41) is 2.94. The number of rotatable bonds is 4. The van der Waals surface area contributed by atoms with Crippen molar-refractivity contribution in [3.8, 4) is 0 Å². The first-order valence-electron chi connectivity index (χ1n) is 9.69. The molecule has 0 unspecified atom stereocenters. The minimum Gasteiger partial charge on any atom is -0.327 e. The standard InChI is InChI=1S/C21H31N3O/c1-5-19(25)22-16-11-12-18-17(13-16)23-20(21(2,3)4)24(18)14-15-9-7-6-8-10-15/h11-13,15H,5-10,14H2,1-4H3,(H,22,25). The van der Waals surface area contributed by atoms with E-state index in [-0.39, 0.29) is 11.3 Å². The van der Waals surface area contributed by atoms with Crippen LogP contribution in [0.2, 0.25) is 0 Å². The van der Waals surface area contributed by atoms with Gasteiger partial charge in [-0.2, -0.15) is 0 Å². The Morgan fingerprint density at radius 3 is 2.60 bits per heavy atom. The number of benzene rings is 1. The third-order valence-corrected chi connectivity index (χ3v) is 5.19. The maximum absolute atomic E-state index is 11.7. The zero-order chi connectivity index (χ0) is 18.0. The lowest BCUT2D eigenvalue weighted by atomic mass is 9.88. The molecule has 0 aliphatic heterocycles. The van der Waals surface area contributed by atoms with Gasteiger partial charge in [-0.3, -0.25) is 4.79 Å². The third-order valence-electron chi connectivity index (χ3n) is 5.19. The Morgan fingerprint density at radius 1 is 1.24 bits per heavy atom. The van der Waals surface area contributed by atoms with E-state index in [4.69, 9.17) is 4.98 Å². The van der Waals surface area contributed by atoms with Crippen LogP contribution in [0.25, 0.3) is 11.0 Å². The summed E-state index contributed by atoms with van der Waals surface area (Å²) in [6, 6.07) is 6.13. The van der Waals surface area contributed by atoms with Gasteiger partial charge in [0.2, 0.25) is 5.91 Å². The average Bonchev–Trinajstić information content (AvgIpc) is 2.94. The number of carbonyl (C=O) groups excluding carboxylic acids is 1. The second-order valence-corrected chi connectivity index (χ2v) is 8.41. The molecule has 1 aromatic carbocycles. The number of aromatic nitrogens is 2. The monoisotopic (exact) mass is 341 g/mol. The first-order valence-corrected chi connectivity index (χ1v) is 9.69. The largest absolute Gasteiger partial charge is 0.327 e. The molecule has 2 aromatic rings. The van der Waals surface area contributed by atoms with E-state index in [0.717, 1.165) is 29.5 Å². The van der Waals surface area contributed by atoms with Crippen molar-refractivity contribution in [2.45, 2.75) is 78.2 Å². The number of nitrogens with one attached hydrogen (secondary N) is 1. The van der Waals surface area contributed by atoms with E-state index in [1.54, 1.807) is 0 Å². The van der Waals surface area contributed by atoms with Crippen molar-refractivity contribution in [3.05, 3.63) is 24.0 Å². The number of imidazole rings is 1. The summed E-state index contributed by atoms with van der Waals surface area (Å²) in [4.78, 5) is 16.6. The van der Waals surface area contributed by atoms with E-state index in [2.05, 4.69) is 36.7 Å². The molecule has 136 valence electrons. The Balaban J connectivity index is 1.98. The van der Waals surface area contributed by atoms with Gasteiger partial charge in [0, 0.05) is 24.1 Å². The van der Waals surface area contributed by atoms with E-state index in [1.807, 2.05) is 19.1 Å². The highest BCUT2D eigenvalue weighted by Gasteiger charge is 2.25. The zero-order valence-corrected chi connectivity index (χ0v) is 16.1. The fraction of sp³-hybridized carbons (Fsp3) is 0.619. The molecule has 4 nitrogen and oxygen atoms in total. The van der Waals surface area contributed by atoms with Crippen molar-refractivity contribution in [2.75, 3.05) is 5.32 Å². The van der Waals surface area contributed by atoms with E-state index < -0.39 is 0 Å². The number of hydrogen-bond donors (Lipinski definition) is 1. The number of hydrogen-bond acceptors (Lipinski definition) is 2. The summed E-state index contributed by atoms with van der Waals surface area (Å²) in [6.45, 7) is 9.61. The van der Waals surface area contributed by atoms with Crippen LogP contribution >= 0.6 is 0 Å². The molecule has 25 heavy (non-hydrogen) atoms. The highest BCUT2D eigenvalue weighted by molar-refractivity contribution is 5.93. The summed E-state index contributed by atoms with van der Waals surface area (Å²) < 4.78 is 2.43. The van der Waals surface area contributed by atoms with Gasteiger partial charge in [-0.05, 0) is 37.0 Å². The second-order valence-electron chi connectivity index (χ2n) is 8.41. The summed E-state index contributed by atoms with van der Waals surface area (Å²) in [5.74, 6) is 1.94. The zero-order valence-electron chi connectivity index (χ0n) is 16.1. The number of amides is 1. The summed E-state index contributed by atoms with van der Waals surface area (Å²) in [6.07, 6.45) is 7.24. The van der Waals surface area contributed by atoms with Gasteiger partial charge < -0.3 is 9.88 Å². The predicted octanol–water partition coefficient (Wildman–Crippen LogP) is 5.26. The summed E-state index contributed by atoms with van der Waals surface area (Å²) in [7, 11) is 0. The molecule has 1 aliphatic rings. The maximum Gasteiger partial charge on any atom is 0.224 e. The topological polar surface area (TPSA) is 46.9 Å². The number of nitrogens with zero attached hydrogens (tertiary/aromatic N) is 2. The summed E-state index contributed by atoms with van der Waals surface area (Å²) >= 11 is 0. The number of carbonyl (C=O) groups is 1. The lowest BCUT2D eigenvalue weighted by Crippen LogP contribution is -2.22. The number of anilines is 1. The Kier molecular flexibility index (Phi) is 5.16. The average molecular weight is 341 g/mol. The molecule has 1 heterocycles. The predicted molar refractivity (Wildman–Crippen MR) is 104 cm³/mol. The molecule has 1 aromatic heterocycles. The smallest absolute Gasteiger partial charge is 0.224 e. The van der Waals surface area contributed by atoms with Crippen LogP contribution in [-0.2, 0) is 16.8 Å². The van der Waals surface area contributed by atoms with Gasteiger partial charge in [-0.15, -0.1) is 0 Å². The van der Waals surface area contributed by atoms with Gasteiger partial charge in [-0.25, -0.2) is 4.98 Å². The molecule has 1 amide bonds. The van der Waals surface area contributed by atoms with E-state index >= 15 is 0 Å².